The van der Waals surface area contributed by atoms with Crippen molar-refractivity contribution in [3.05, 3.63) is 47.2 Å². The summed E-state index contributed by atoms with van der Waals surface area (Å²) in [6, 6.07) is 7.14. The Morgan fingerprint density at radius 1 is 1.43 bits per heavy atom. The SMILES string of the molecule is CC(C)(C)C(CCO)NC(=O)c1cnn(-c2cccc(Cl)c2)c1. The monoisotopic (exact) mass is 335 g/mol. The Balaban J connectivity index is 2.15. The van der Waals surface area contributed by atoms with Crippen LogP contribution in [0.1, 0.15) is 37.6 Å². The van der Waals surface area contributed by atoms with E-state index in [2.05, 4.69) is 10.4 Å². The fourth-order valence-electron chi connectivity index (χ4n) is 2.29. The van der Waals surface area contributed by atoms with E-state index in [1.807, 2.05) is 32.9 Å². The third-order valence-electron chi connectivity index (χ3n) is 3.69. The van der Waals surface area contributed by atoms with Gasteiger partial charge in [0.25, 0.3) is 5.91 Å². The van der Waals surface area contributed by atoms with E-state index in [1.54, 1.807) is 23.0 Å². The van der Waals surface area contributed by atoms with Gasteiger partial charge in [0.15, 0.2) is 0 Å². The van der Waals surface area contributed by atoms with Crippen molar-refractivity contribution in [2.24, 2.45) is 5.41 Å². The first-order valence-corrected chi connectivity index (χ1v) is 7.91. The molecule has 0 radical (unpaired) electrons. The van der Waals surface area contributed by atoms with Gasteiger partial charge in [0.2, 0.25) is 0 Å². The first-order chi connectivity index (χ1) is 10.8. The van der Waals surface area contributed by atoms with Crippen LogP contribution in [0, 0.1) is 5.41 Å². The van der Waals surface area contributed by atoms with E-state index >= 15 is 0 Å². The minimum absolute atomic E-state index is 0.0317. The van der Waals surface area contributed by atoms with Gasteiger partial charge in [-0.25, -0.2) is 4.68 Å². The molecule has 0 saturated carbocycles. The molecule has 1 aromatic heterocycles. The molecule has 0 aliphatic carbocycles. The number of carbonyl (C=O) groups excluding carboxylic acids is 1. The molecular formula is C17H22ClN3O2. The quantitative estimate of drug-likeness (QED) is 0.882. The van der Waals surface area contributed by atoms with Crippen molar-refractivity contribution in [3.8, 4) is 5.69 Å². The minimum atomic E-state index is -0.202. The number of rotatable bonds is 5. The summed E-state index contributed by atoms with van der Waals surface area (Å²) in [6.45, 7) is 6.12. The van der Waals surface area contributed by atoms with Gasteiger partial charge < -0.3 is 10.4 Å². The number of hydrogen-bond acceptors (Lipinski definition) is 3. The van der Waals surface area contributed by atoms with Gasteiger partial charge in [0.1, 0.15) is 0 Å². The number of halogens is 1. The van der Waals surface area contributed by atoms with Crippen LogP contribution in [0.5, 0.6) is 0 Å². The standard InChI is InChI=1S/C17H22ClN3O2/c1-17(2,3)15(7-8-22)20-16(23)12-10-19-21(11-12)14-6-4-5-13(18)9-14/h4-6,9-11,15,22H,7-8H2,1-3H3,(H,20,23). The van der Waals surface area contributed by atoms with E-state index < -0.39 is 0 Å². The molecule has 0 saturated heterocycles. The molecule has 23 heavy (non-hydrogen) atoms. The van der Waals surface area contributed by atoms with Gasteiger partial charge in [-0.15, -0.1) is 0 Å². The molecule has 1 amide bonds. The molecule has 0 spiro atoms. The van der Waals surface area contributed by atoms with Gasteiger partial charge in [-0.1, -0.05) is 38.4 Å². The number of nitrogens with one attached hydrogen (secondary N) is 1. The summed E-state index contributed by atoms with van der Waals surface area (Å²) >= 11 is 5.97. The van der Waals surface area contributed by atoms with Crippen molar-refractivity contribution in [2.75, 3.05) is 6.61 Å². The highest BCUT2D eigenvalue weighted by molar-refractivity contribution is 6.30. The summed E-state index contributed by atoms with van der Waals surface area (Å²) < 4.78 is 1.61. The predicted octanol–water partition coefficient (Wildman–Crippen LogP) is 3.05. The number of carbonyl (C=O) groups is 1. The van der Waals surface area contributed by atoms with E-state index in [0.29, 0.717) is 17.0 Å². The third-order valence-corrected chi connectivity index (χ3v) is 3.92. The van der Waals surface area contributed by atoms with Gasteiger partial charge in [-0.3, -0.25) is 4.79 Å². The lowest BCUT2D eigenvalue weighted by Crippen LogP contribution is -2.44. The highest BCUT2D eigenvalue weighted by Crippen LogP contribution is 2.22. The molecule has 6 heteroatoms. The lowest BCUT2D eigenvalue weighted by Gasteiger charge is -2.30. The molecule has 124 valence electrons. The van der Waals surface area contributed by atoms with E-state index in [4.69, 9.17) is 11.6 Å². The van der Waals surface area contributed by atoms with Crippen molar-refractivity contribution in [3.63, 3.8) is 0 Å². The second-order valence-electron chi connectivity index (χ2n) is 6.56. The summed E-state index contributed by atoms with van der Waals surface area (Å²) in [5.74, 6) is -0.202. The summed E-state index contributed by atoms with van der Waals surface area (Å²) in [6.07, 6.45) is 3.70. The maximum absolute atomic E-state index is 12.4. The van der Waals surface area contributed by atoms with Crippen LogP contribution in [0.15, 0.2) is 36.7 Å². The maximum Gasteiger partial charge on any atom is 0.254 e. The van der Waals surface area contributed by atoms with Gasteiger partial charge in [-0.05, 0) is 30.0 Å². The number of aliphatic hydroxyl groups excluding tert-OH is 1. The van der Waals surface area contributed by atoms with E-state index in [0.717, 1.165) is 5.69 Å². The molecule has 1 aromatic carbocycles. The Kier molecular flexibility index (Phi) is 5.44. The molecule has 0 aliphatic rings. The topological polar surface area (TPSA) is 67.2 Å². The van der Waals surface area contributed by atoms with Crippen LogP contribution in [0.2, 0.25) is 5.02 Å². The largest absolute Gasteiger partial charge is 0.396 e. The zero-order chi connectivity index (χ0) is 17.0. The third kappa shape index (κ3) is 4.56. The maximum atomic E-state index is 12.4. The van der Waals surface area contributed by atoms with Crippen LogP contribution in [0.3, 0.4) is 0 Å². The number of benzene rings is 1. The van der Waals surface area contributed by atoms with Crippen molar-refractivity contribution >= 4 is 17.5 Å². The summed E-state index contributed by atoms with van der Waals surface area (Å²) in [4.78, 5) is 12.4. The first-order valence-electron chi connectivity index (χ1n) is 7.53. The fourth-order valence-corrected chi connectivity index (χ4v) is 2.48. The highest BCUT2D eigenvalue weighted by atomic mass is 35.5. The number of nitrogens with zero attached hydrogens (tertiary/aromatic N) is 2. The van der Waals surface area contributed by atoms with Gasteiger partial charge in [-0.2, -0.15) is 5.10 Å². The molecule has 0 bridgehead atoms. The normalized spacial score (nSPS) is 12.9. The minimum Gasteiger partial charge on any atom is -0.396 e. The Morgan fingerprint density at radius 2 is 2.17 bits per heavy atom. The molecule has 1 unspecified atom stereocenters. The van der Waals surface area contributed by atoms with Gasteiger partial charge >= 0.3 is 0 Å². The summed E-state index contributed by atoms with van der Waals surface area (Å²) in [5.41, 5.74) is 1.12. The molecule has 5 nitrogen and oxygen atoms in total. The second-order valence-corrected chi connectivity index (χ2v) is 6.99. The lowest BCUT2D eigenvalue weighted by atomic mass is 9.85. The number of amides is 1. The van der Waals surface area contributed by atoms with Crippen molar-refractivity contribution in [1.29, 1.82) is 0 Å². The average Bonchev–Trinajstić information content (AvgIpc) is 2.95. The molecule has 2 aromatic rings. The highest BCUT2D eigenvalue weighted by Gasteiger charge is 2.26. The smallest absolute Gasteiger partial charge is 0.254 e. The van der Waals surface area contributed by atoms with E-state index in [9.17, 15) is 9.90 Å². The van der Waals surface area contributed by atoms with Crippen molar-refractivity contribution in [2.45, 2.75) is 33.2 Å². The average molecular weight is 336 g/mol. The lowest BCUT2D eigenvalue weighted by molar-refractivity contribution is 0.0885. The molecule has 1 atom stereocenters. The van der Waals surface area contributed by atoms with Crippen molar-refractivity contribution in [1.82, 2.24) is 15.1 Å². The summed E-state index contributed by atoms with van der Waals surface area (Å²) in [5, 5.41) is 17.0. The zero-order valence-corrected chi connectivity index (χ0v) is 14.3. The Hall–Kier alpha value is -1.85. The van der Waals surface area contributed by atoms with Gasteiger partial charge in [0.05, 0.1) is 17.4 Å². The van der Waals surface area contributed by atoms with Crippen LogP contribution in [0.25, 0.3) is 5.69 Å². The predicted molar refractivity (Wildman–Crippen MR) is 91.0 cm³/mol. The van der Waals surface area contributed by atoms with E-state index in [-0.39, 0.29) is 24.0 Å². The van der Waals surface area contributed by atoms with Crippen LogP contribution in [0.4, 0.5) is 0 Å². The molecule has 2 N–H and O–H groups in total. The van der Waals surface area contributed by atoms with Crippen LogP contribution < -0.4 is 5.32 Å². The number of aromatic nitrogens is 2. The Labute approximate surface area is 141 Å². The van der Waals surface area contributed by atoms with Crippen LogP contribution in [-0.4, -0.2) is 33.4 Å². The van der Waals surface area contributed by atoms with Crippen LogP contribution in [-0.2, 0) is 0 Å². The fraction of sp³-hybridized carbons (Fsp3) is 0.412. The van der Waals surface area contributed by atoms with E-state index in [1.165, 1.54) is 6.20 Å². The molecule has 0 aliphatic heterocycles. The molecule has 0 fully saturated rings. The number of hydrogen-bond donors (Lipinski definition) is 2. The van der Waals surface area contributed by atoms with Crippen molar-refractivity contribution < 1.29 is 9.90 Å². The summed E-state index contributed by atoms with van der Waals surface area (Å²) in [7, 11) is 0. The number of aliphatic hydroxyl groups is 1. The first kappa shape index (κ1) is 17.5. The Morgan fingerprint density at radius 3 is 2.78 bits per heavy atom. The Bertz CT molecular complexity index is 676. The van der Waals surface area contributed by atoms with Crippen LogP contribution >= 0.6 is 11.6 Å². The molecule has 2 rings (SSSR count). The van der Waals surface area contributed by atoms with Gasteiger partial charge in [0, 0.05) is 23.9 Å². The zero-order valence-electron chi connectivity index (χ0n) is 13.6. The molecular weight excluding hydrogens is 314 g/mol. The second kappa shape index (κ2) is 7.15. The molecule has 1 heterocycles.